The van der Waals surface area contributed by atoms with Crippen LogP contribution in [0.2, 0.25) is 5.02 Å². The zero-order valence-electron chi connectivity index (χ0n) is 9.61. The number of nitrogens with one attached hydrogen (secondary N) is 1. The standard InChI is InChI=1S/C14H14ClNO/c1-16-10-11-9-12(15)7-8-14(11)17-13-5-3-2-4-6-13/h2-9,16H,10H2,1H3. The van der Waals surface area contributed by atoms with E-state index in [0.717, 1.165) is 28.6 Å². The second kappa shape index (κ2) is 5.71. The lowest BCUT2D eigenvalue weighted by atomic mass is 10.2. The molecular weight excluding hydrogens is 234 g/mol. The average Bonchev–Trinajstić information content (AvgIpc) is 2.34. The zero-order chi connectivity index (χ0) is 12.1. The van der Waals surface area contributed by atoms with E-state index < -0.39 is 0 Å². The maximum absolute atomic E-state index is 5.97. The first-order valence-corrected chi connectivity index (χ1v) is 5.83. The van der Waals surface area contributed by atoms with Gasteiger partial charge in [-0.1, -0.05) is 29.8 Å². The Morgan fingerprint density at radius 2 is 1.88 bits per heavy atom. The van der Waals surface area contributed by atoms with E-state index in [1.807, 2.05) is 55.6 Å². The summed E-state index contributed by atoms with van der Waals surface area (Å²) in [5.74, 6) is 1.65. The minimum atomic E-state index is 0.718. The number of hydrogen-bond donors (Lipinski definition) is 1. The van der Waals surface area contributed by atoms with Gasteiger partial charge in [0, 0.05) is 17.1 Å². The third-order valence-electron chi connectivity index (χ3n) is 2.36. The summed E-state index contributed by atoms with van der Waals surface area (Å²) >= 11 is 5.97. The lowest BCUT2D eigenvalue weighted by molar-refractivity contribution is 0.474. The minimum Gasteiger partial charge on any atom is -0.457 e. The Hall–Kier alpha value is -1.51. The number of halogens is 1. The Bertz CT molecular complexity index is 485. The maximum Gasteiger partial charge on any atom is 0.132 e. The Kier molecular flexibility index (Phi) is 4.02. The van der Waals surface area contributed by atoms with Gasteiger partial charge in [-0.25, -0.2) is 0 Å². The molecule has 0 bridgehead atoms. The molecule has 2 aromatic rings. The number of ether oxygens (including phenoxy) is 1. The smallest absolute Gasteiger partial charge is 0.132 e. The van der Waals surface area contributed by atoms with Crippen molar-refractivity contribution >= 4 is 11.6 Å². The third-order valence-corrected chi connectivity index (χ3v) is 2.60. The molecule has 0 atom stereocenters. The lowest BCUT2D eigenvalue weighted by Crippen LogP contribution is -2.06. The van der Waals surface area contributed by atoms with E-state index in [0.29, 0.717) is 0 Å². The van der Waals surface area contributed by atoms with Gasteiger partial charge in [0.1, 0.15) is 11.5 Å². The monoisotopic (exact) mass is 247 g/mol. The second-order valence-corrected chi connectivity index (χ2v) is 4.13. The molecule has 1 N–H and O–H groups in total. The van der Waals surface area contributed by atoms with Crippen molar-refractivity contribution in [2.45, 2.75) is 6.54 Å². The van der Waals surface area contributed by atoms with Gasteiger partial charge in [0.2, 0.25) is 0 Å². The van der Waals surface area contributed by atoms with E-state index in [9.17, 15) is 0 Å². The summed E-state index contributed by atoms with van der Waals surface area (Å²) < 4.78 is 5.82. The van der Waals surface area contributed by atoms with Crippen LogP contribution in [-0.4, -0.2) is 7.05 Å². The fourth-order valence-electron chi connectivity index (χ4n) is 1.59. The highest BCUT2D eigenvalue weighted by molar-refractivity contribution is 6.30. The van der Waals surface area contributed by atoms with Crippen molar-refractivity contribution in [3.63, 3.8) is 0 Å². The summed E-state index contributed by atoms with van der Waals surface area (Å²) in [6.45, 7) is 0.725. The van der Waals surface area contributed by atoms with E-state index in [2.05, 4.69) is 5.32 Å². The van der Waals surface area contributed by atoms with Crippen molar-refractivity contribution in [1.82, 2.24) is 5.32 Å². The highest BCUT2D eigenvalue weighted by Gasteiger charge is 2.05. The molecule has 2 rings (SSSR count). The van der Waals surface area contributed by atoms with Gasteiger partial charge in [0.25, 0.3) is 0 Å². The maximum atomic E-state index is 5.97. The van der Waals surface area contributed by atoms with Crippen molar-refractivity contribution in [1.29, 1.82) is 0 Å². The van der Waals surface area contributed by atoms with Gasteiger partial charge in [-0.3, -0.25) is 0 Å². The van der Waals surface area contributed by atoms with E-state index in [1.165, 1.54) is 0 Å². The first kappa shape index (κ1) is 12.0. The molecule has 88 valence electrons. The van der Waals surface area contributed by atoms with Crippen LogP contribution in [0.4, 0.5) is 0 Å². The predicted octanol–water partition coefficient (Wildman–Crippen LogP) is 3.85. The third kappa shape index (κ3) is 3.22. The molecule has 0 saturated carbocycles. The van der Waals surface area contributed by atoms with Gasteiger partial charge in [-0.05, 0) is 37.4 Å². The van der Waals surface area contributed by atoms with Crippen LogP contribution in [0.1, 0.15) is 5.56 Å². The lowest BCUT2D eigenvalue weighted by Gasteiger charge is -2.11. The van der Waals surface area contributed by atoms with Gasteiger partial charge in [-0.2, -0.15) is 0 Å². The molecule has 2 aromatic carbocycles. The van der Waals surface area contributed by atoms with Crippen LogP contribution < -0.4 is 10.1 Å². The van der Waals surface area contributed by atoms with Gasteiger partial charge in [0.05, 0.1) is 0 Å². The predicted molar refractivity (Wildman–Crippen MR) is 70.7 cm³/mol. The van der Waals surface area contributed by atoms with Gasteiger partial charge >= 0.3 is 0 Å². The first-order chi connectivity index (χ1) is 8.29. The zero-order valence-corrected chi connectivity index (χ0v) is 10.4. The summed E-state index contributed by atoms with van der Waals surface area (Å²) in [5, 5.41) is 3.82. The Labute approximate surface area is 106 Å². The van der Waals surface area contributed by atoms with Gasteiger partial charge in [0.15, 0.2) is 0 Å². The Morgan fingerprint density at radius 1 is 1.12 bits per heavy atom. The molecular formula is C14H14ClNO. The molecule has 0 amide bonds. The molecule has 3 heteroatoms. The molecule has 0 aromatic heterocycles. The summed E-state index contributed by atoms with van der Waals surface area (Å²) in [7, 11) is 1.90. The highest BCUT2D eigenvalue weighted by atomic mass is 35.5. The molecule has 0 heterocycles. The van der Waals surface area contributed by atoms with Gasteiger partial charge < -0.3 is 10.1 Å². The minimum absolute atomic E-state index is 0.718. The van der Waals surface area contributed by atoms with Crippen LogP contribution >= 0.6 is 11.6 Å². The van der Waals surface area contributed by atoms with E-state index in [4.69, 9.17) is 16.3 Å². The Morgan fingerprint density at radius 3 is 2.59 bits per heavy atom. The van der Waals surface area contributed by atoms with Crippen LogP contribution in [-0.2, 0) is 6.54 Å². The van der Waals surface area contributed by atoms with Gasteiger partial charge in [-0.15, -0.1) is 0 Å². The molecule has 0 fully saturated rings. The second-order valence-electron chi connectivity index (χ2n) is 3.70. The van der Waals surface area contributed by atoms with Crippen LogP contribution in [0.5, 0.6) is 11.5 Å². The van der Waals surface area contributed by atoms with Crippen molar-refractivity contribution in [2.75, 3.05) is 7.05 Å². The van der Waals surface area contributed by atoms with Crippen LogP contribution in [0.3, 0.4) is 0 Å². The quantitative estimate of drug-likeness (QED) is 0.886. The van der Waals surface area contributed by atoms with Crippen LogP contribution in [0.15, 0.2) is 48.5 Å². The Balaban J connectivity index is 2.26. The van der Waals surface area contributed by atoms with Crippen LogP contribution in [0, 0.1) is 0 Å². The SMILES string of the molecule is CNCc1cc(Cl)ccc1Oc1ccccc1. The van der Waals surface area contributed by atoms with Crippen molar-refractivity contribution < 1.29 is 4.74 Å². The number of benzene rings is 2. The highest BCUT2D eigenvalue weighted by Crippen LogP contribution is 2.27. The van der Waals surface area contributed by atoms with Crippen molar-refractivity contribution in [3.8, 4) is 11.5 Å². The average molecular weight is 248 g/mol. The molecule has 17 heavy (non-hydrogen) atoms. The summed E-state index contributed by atoms with van der Waals surface area (Å²) in [6.07, 6.45) is 0. The van der Waals surface area contributed by atoms with E-state index >= 15 is 0 Å². The molecule has 0 saturated heterocycles. The summed E-state index contributed by atoms with van der Waals surface area (Å²) in [6, 6.07) is 15.3. The molecule has 0 spiro atoms. The largest absolute Gasteiger partial charge is 0.457 e. The van der Waals surface area contributed by atoms with Crippen LogP contribution in [0.25, 0.3) is 0 Å². The topological polar surface area (TPSA) is 21.3 Å². The molecule has 2 nitrogen and oxygen atoms in total. The van der Waals surface area contributed by atoms with E-state index in [1.54, 1.807) is 0 Å². The summed E-state index contributed by atoms with van der Waals surface area (Å²) in [4.78, 5) is 0. The molecule has 0 aliphatic rings. The number of rotatable bonds is 4. The first-order valence-electron chi connectivity index (χ1n) is 5.45. The fraction of sp³-hybridized carbons (Fsp3) is 0.143. The molecule has 0 aliphatic carbocycles. The van der Waals surface area contributed by atoms with Crippen molar-refractivity contribution in [3.05, 3.63) is 59.1 Å². The number of hydrogen-bond acceptors (Lipinski definition) is 2. The van der Waals surface area contributed by atoms with E-state index in [-0.39, 0.29) is 0 Å². The molecule has 0 aliphatic heterocycles. The number of para-hydroxylation sites is 1. The summed E-state index contributed by atoms with van der Waals surface area (Å²) in [5.41, 5.74) is 1.05. The fourth-order valence-corrected chi connectivity index (χ4v) is 1.79. The van der Waals surface area contributed by atoms with Crippen molar-refractivity contribution in [2.24, 2.45) is 0 Å². The molecule has 0 radical (unpaired) electrons. The molecule has 0 unspecified atom stereocenters. The normalized spacial score (nSPS) is 10.2.